The molecule has 0 saturated heterocycles. The molecule has 0 bridgehead atoms. The van der Waals surface area contributed by atoms with Crippen molar-refractivity contribution in [3.05, 3.63) is 27.2 Å². The first kappa shape index (κ1) is 11.3. The van der Waals surface area contributed by atoms with E-state index in [0.717, 1.165) is 11.1 Å². The average Bonchev–Trinajstić information content (AvgIpc) is 2.10. The molecule has 0 heterocycles. The lowest BCUT2D eigenvalue weighted by Gasteiger charge is -2.10. The maximum absolute atomic E-state index is 10.8. The molecule has 0 atom stereocenters. The van der Waals surface area contributed by atoms with Gasteiger partial charge >= 0.3 is 5.97 Å². The summed E-state index contributed by atoms with van der Waals surface area (Å²) in [5, 5.41) is 0.988. The zero-order valence-corrected chi connectivity index (χ0v) is 9.66. The second-order valence-corrected chi connectivity index (χ2v) is 3.79. The van der Waals surface area contributed by atoms with E-state index in [1.807, 2.05) is 6.92 Å². The Morgan fingerprint density at radius 1 is 1.29 bits per heavy atom. The van der Waals surface area contributed by atoms with E-state index < -0.39 is 5.97 Å². The van der Waals surface area contributed by atoms with Gasteiger partial charge in [0.25, 0.3) is 0 Å². The fourth-order valence-corrected chi connectivity index (χ4v) is 1.51. The van der Waals surface area contributed by atoms with Crippen molar-refractivity contribution < 1.29 is 9.53 Å². The molecule has 0 aliphatic heterocycles. The number of esters is 1. The van der Waals surface area contributed by atoms with Crippen molar-refractivity contribution in [3.63, 3.8) is 0 Å². The molecule has 1 aromatic rings. The lowest BCUT2D eigenvalue weighted by molar-refractivity contribution is -0.131. The Morgan fingerprint density at radius 3 is 2.36 bits per heavy atom. The molecular weight excluding hydrogens is 223 g/mol. The van der Waals surface area contributed by atoms with Gasteiger partial charge in [-0.15, -0.1) is 0 Å². The lowest BCUT2D eigenvalue weighted by Crippen LogP contribution is -2.03. The van der Waals surface area contributed by atoms with Crippen LogP contribution in [0.25, 0.3) is 0 Å². The molecule has 0 fully saturated rings. The maximum Gasteiger partial charge on any atom is 0.308 e. The molecule has 0 aromatic heterocycles. The fraction of sp³-hybridized carbons (Fsp3) is 0.300. The van der Waals surface area contributed by atoms with Gasteiger partial charge in [0, 0.05) is 11.9 Å². The summed E-state index contributed by atoms with van der Waals surface area (Å²) in [4.78, 5) is 10.8. The molecule has 76 valence electrons. The summed E-state index contributed by atoms with van der Waals surface area (Å²) >= 11 is 11.9. The lowest BCUT2D eigenvalue weighted by atomic mass is 10.1. The van der Waals surface area contributed by atoms with Gasteiger partial charge in [-0.3, -0.25) is 4.79 Å². The second kappa shape index (κ2) is 4.20. The first-order valence-electron chi connectivity index (χ1n) is 4.07. The van der Waals surface area contributed by atoms with Crippen molar-refractivity contribution in [2.45, 2.75) is 20.8 Å². The van der Waals surface area contributed by atoms with Gasteiger partial charge in [-0.1, -0.05) is 23.2 Å². The highest BCUT2D eigenvalue weighted by molar-refractivity contribution is 6.37. The molecule has 0 saturated carbocycles. The van der Waals surface area contributed by atoms with Crippen molar-refractivity contribution in [1.82, 2.24) is 0 Å². The van der Waals surface area contributed by atoms with Crippen LogP contribution in [0.2, 0.25) is 10.0 Å². The minimum absolute atomic E-state index is 0.360. The number of carbonyl (C=O) groups excluding carboxylic acids is 1. The summed E-state index contributed by atoms with van der Waals surface area (Å²) in [5.74, 6) is -0.0356. The van der Waals surface area contributed by atoms with Gasteiger partial charge in [0.15, 0.2) is 0 Å². The molecule has 0 aliphatic rings. The van der Waals surface area contributed by atoms with Crippen LogP contribution in [0.1, 0.15) is 18.1 Å². The monoisotopic (exact) mass is 232 g/mol. The van der Waals surface area contributed by atoms with Gasteiger partial charge in [0.1, 0.15) is 5.75 Å². The minimum Gasteiger partial charge on any atom is -0.425 e. The van der Waals surface area contributed by atoms with Crippen LogP contribution in [0.3, 0.4) is 0 Å². The number of carbonyl (C=O) groups is 1. The number of aryl methyl sites for hydroxylation is 1. The Morgan fingerprint density at radius 2 is 1.86 bits per heavy atom. The molecule has 1 rings (SSSR count). The standard InChI is InChI=1S/C10H10Cl2O2/c1-5-4-8(14-7(3)13)10(12)6(2)9(5)11/h4H,1-3H3. The van der Waals surface area contributed by atoms with E-state index >= 15 is 0 Å². The van der Waals surface area contributed by atoms with E-state index in [4.69, 9.17) is 27.9 Å². The molecular formula is C10H10Cl2O2. The molecule has 0 unspecified atom stereocenters. The Balaban J connectivity index is 3.25. The molecule has 2 nitrogen and oxygen atoms in total. The summed E-state index contributed by atoms with van der Waals surface area (Å²) in [6.45, 7) is 4.94. The van der Waals surface area contributed by atoms with E-state index in [9.17, 15) is 4.79 Å². The van der Waals surface area contributed by atoms with Crippen molar-refractivity contribution in [1.29, 1.82) is 0 Å². The molecule has 0 amide bonds. The molecule has 0 aliphatic carbocycles. The van der Waals surface area contributed by atoms with Crippen LogP contribution in [-0.4, -0.2) is 5.97 Å². The van der Waals surface area contributed by atoms with Crippen LogP contribution >= 0.6 is 23.2 Å². The predicted molar refractivity (Wildman–Crippen MR) is 57.2 cm³/mol. The highest BCUT2D eigenvalue weighted by Gasteiger charge is 2.12. The number of rotatable bonds is 1. The Kier molecular flexibility index (Phi) is 3.40. The summed E-state index contributed by atoms with van der Waals surface area (Å²) < 4.78 is 4.93. The van der Waals surface area contributed by atoms with E-state index in [-0.39, 0.29) is 0 Å². The van der Waals surface area contributed by atoms with Crippen molar-refractivity contribution in [3.8, 4) is 5.75 Å². The maximum atomic E-state index is 10.8. The highest BCUT2D eigenvalue weighted by atomic mass is 35.5. The van der Waals surface area contributed by atoms with E-state index in [2.05, 4.69) is 0 Å². The van der Waals surface area contributed by atoms with Crippen LogP contribution < -0.4 is 4.74 Å². The van der Waals surface area contributed by atoms with Gasteiger partial charge in [0.05, 0.1) is 5.02 Å². The van der Waals surface area contributed by atoms with E-state index in [0.29, 0.717) is 15.8 Å². The minimum atomic E-state index is -0.395. The van der Waals surface area contributed by atoms with Crippen molar-refractivity contribution >= 4 is 29.2 Å². The Labute approximate surface area is 92.8 Å². The first-order valence-corrected chi connectivity index (χ1v) is 4.82. The topological polar surface area (TPSA) is 26.3 Å². The molecule has 4 heteroatoms. The molecule has 0 radical (unpaired) electrons. The number of halogens is 2. The van der Waals surface area contributed by atoms with Gasteiger partial charge in [-0.2, -0.15) is 0 Å². The van der Waals surface area contributed by atoms with Crippen LogP contribution in [0, 0.1) is 13.8 Å². The summed E-state index contributed by atoms with van der Waals surface area (Å²) in [6.07, 6.45) is 0. The first-order chi connectivity index (χ1) is 6.43. The Hall–Kier alpha value is -0.730. The van der Waals surface area contributed by atoms with Crippen molar-refractivity contribution in [2.24, 2.45) is 0 Å². The van der Waals surface area contributed by atoms with Gasteiger partial charge in [-0.05, 0) is 31.0 Å². The number of hydrogen-bond donors (Lipinski definition) is 0. The van der Waals surface area contributed by atoms with Gasteiger partial charge in [-0.25, -0.2) is 0 Å². The smallest absolute Gasteiger partial charge is 0.308 e. The second-order valence-electron chi connectivity index (χ2n) is 3.04. The highest BCUT2D eigenvalue weighted by Crippen LogP contribution is 2.35. The van der Waals surface area contributed by atoms with Gasteiger partial charge < -0.3 is 4.74 Å². The predicted octanol–water partition coefficient (Wildman–Crippen LogP) is 3.54. The number of benzene rings is 1. The van der Waals surface area contributed by atoms with Gasteiger partial charge in [0.2, 0.25) is 0 Å². The molecule has 14 heavy (non-hydrogen) atoms. The average molecular weight is 233 g/mol. The Bertz CT molecular complexity index is 386. The third-order valence-electron chi connectivity index (χ3n) is 1.82. The number of ether oxygens (including phenoxy) is 1. The summed E-state index contributed by atoms with van der Waals surface area (Å²) in [5.41, 5.74) is 1.56. The third-order valence-corrected chi connectivity index (χ3v) is 2.87. The van der Waals surface area contributed by atoms with Crippen LogP contribution in [0.15, 0.2) is 6.07 Å². The quantitative estimate of drug-likeness (QED) is 0.547. The van der Waals surface area contributed by atoms with Crippen molar-refractivity contribution in [2.75, 3.05) is 0 Å². The largest absolute Gasteiger partial charge is 0.425 e. The van der Waals surface area contributed by atoms with E-state index in [1.165, 1.54) is 6.92 Å². The zero-order valence-electron chi connectivity index (χ0n) is 8.15. The molecule has 0 spiro atoms. The number of hydrogen-bond acceptors (Lipinski definition) is 2. The SMILES string of the molecule is CC(=O)Oc1cc(C)c(Cl)c(C)c1Cl. The fourth-order valence-electron chi connectivity index (χ4n) is 1.13. The summed E-state index contributed by atoms with van der Waals surface area (Å²) in [6, 6.07) is 1.65. The van der Waals surface area contributed by atoms with Crippen LogP contribution in [0.4, 0.5) is 0 Å². The van der Waals surface area contributed by atoms with E-state index in [1.54, 1.807) is 13.0 Å². The summed E-state index contributed by atoms with van der Waals surface area (Å²) in [7, 11) is 0. The molecule has 1 aromatic carbocycles. The third kappa shape index (κ3) is 2.20. The zero-order chi connectivity index (χ0) is 10.9. The normalized spacial score (nSPS) is 10.1. The molecule has 0 N–H and O–H groups in total. The van der Waals surface area contributed by atoms with Crippen LogP contribution in [0.5, 0.6) is 5.75 Å². The van der Waals surface area contributed by atoms with Crippen LogP contribution in [-0.2, 0) is 4.79 Å².